The number of carbonyl (C=O) groups is 1. The molecule has 0 saturated carbocycles. The van der Waals surface area contributed by atoms with E-state index in [9.17, 15) is 4.79 Å². The number of carbonyl (C=O) groups excluding carboxylic acids is 1. The van der Waals surface area contributed by atoms with Gasteiger partial charge in [-0.1, -0.05) is 18.2 Å². The molecule has 0 aromatic carbocycles. The van der Waals surface area contributed by atoms with Crippen LogP contribution in [0.5, 0.6) is 0 Å². The summed E-state index contributed by atoms with van der Waals surface area (Å²) in [6.45, 7) is 4.78. The summed E-state index contributed by atoms with van der Waals surface area (Å²) in [6, 6.07) is -0.275. The summed E-state index contributed by atoms with van der Waals surface area (Å²) >= 11 is 5.24. The summed E-state index contributed by atoms with van der Waals surface area (Å²) in [6.07, 6.45) is 0. The summed E-state index contributed by atoms with van der Waals surface area (Å²) in [5, 5.41) is 10.8. The van der Waals surface area contributed by atoms with Crippen molar-refractivity contribution in [1.82, 2.24) is 5.32 Å². The largest absolute Gasteiger partial charge is 0.394 e. The van der Waals surface area contributed by atoms with Crippen molar-refractivity contribution in [2.75, 3.05) is 6.61 Å². The minimum Gasteiger partial charge on any atom is -0.394 e. The van der Waals surface area contributed by atoms with Crippen LogP contribution in [0, 0.1) is 0 Å². The van der Waals surface area contributed by atoms with Gasteiger partial charge in [-0.3, -0.25) is 4.79 Å². The monoisotopic (exact) mass is 163 g/mol. The normalized spacial score (nSPS) is 12.3. The molecule has 1 amide bonds. The van der Waals surface area contributed by atoms with Crippen LogP contribution in [0.4, 0.5) is 0 Å². The maximum absolute atomic E-state index is 10.7. The molecule has 0 aliphatic carbocycles. The second-order valence-electron chi connectivity index (χ2n) is 1.96. The molecule has 0 bridgehead atoms. The first kappa shape index (κ1) is 9.46. The average molecular weight is 164 g/mol. The first-order valence-electron chi connectivity index (χ1n) is 2.84. The standard InChI is InChI=1S/C6H10ClNO2/c1-4(3-9)8-6(10)5(2)7/h4,9H,2-3H2,1H3,(H,8,10)/t4-/m1/s1. The second-order valence-corrected chi connectivity index (χ2v) is 2.42. The fourth-order valence-electron chi connectivity index (χ4n) is 0.348. The Morgan fingerprint density at radius 2 is 2.40 bits per heavy atom. The van der Waals surface area contributed by atoms with Gasteiger partial charge in [-0.25, -0.2) is 0 Å². The van der Waals surface area contributed by atoms with Gasteiger partial charge in [0.25, 0.3) is 5.91 Å². The lowest BCUT2D eigenvalue weighted by atomic mass is 10.3. The summed E-state index contributed by atoms with van der Waals surface area (Å²) in [5.74, 6) is -0.441. The Morgan fingerprint density at radius 1 is 1.90 bits per heavy atom. The van der Waals surface area contributed by atoms with Gasteiger partial charge in [0.05, 0.1) is 11.6 Å². The number of halogens is 1. The number of hydrogen-bond donors (Lipinski definition) is 2. The lowest BCUT2D eigenvalue weighted by Gasteiger charge is -2.08. The van der Waals surface area contributed by atoms with Gasteiger partial charge in [0.15, 0.2) is 0 Å². The number of aliphatic hydroxyl groups excluding tert-OH is 1. The van der Waals surface area contributed by atoms with E-state index in [2.05, 4.69) is 11.9 Å². The number of hydrogen-bond acceptors (Lipinski definition) is 2. The highest BCUT2D eigenvalue weighted by atomic mass is 35.5. The molecule has 0 rings (SSSR count). The van der Waals surface area contributed by atoms with Crippen molar-refractivity contribution in [2.45, 2.75) is 13.0 Å². The molecule has 4 heteroatoms. The van der Waals surface area contributed by atoms with Gasteiger partial charge in [-0.05, 0) is 6.92 Å². The van der Waals surface area contributed by atoms with Gasteiger partial charge in [-0.15, -0.1) is 0 Å². The van der Waals surface area contributed by atoms with Crippen molar-refractivity contribution in [2.24, 2.45) is 0 Å². The van der Waals surface area contributed by atoms with Crippen LogP contribution >= 0.6 is 11.6 Å². The lowest BCUT2D eigenvalue weighted by Crippen LogP contribution is -2.34. The molecule has 0 spiro atoms. The van der Waals surface area contributed by atoms with E-state index < -0.39 is 5.91 Å². The second kappa shape index (κ2) is 4.30. The number of amides is 1. The minimum absolute atomic E-state index is 0.0692. The number of nitrogens with one attached hydrogen (secondary N) is 1. The number of rotatable bonds is 3. The van der Waals surface area contributed by atoms with E-state index >= 15 is 0 Å². The molecule has 10 heavy (non-hydrogen) atoms. The molecule has 0 fully saturated rings. The van der Waals surface area contributed by atoms with Gasteiger partial charge in [0.2, 0.25) is 0 Å². The fraction of sp³-hybridized carbons (Fsp3) is 0.500. The Labute approximate surface area is 64.7 Å². The smallest absolute Gasteiger partial charge is 0.262 e. The molecule has 0 heterocycles. The molecule has 0 saturated heterocycles. The van der Waals surface area contributed by atoms with Crippen LogP contribution < -0.4 is 5.32 Å². The van der Waals surface area contributed by atoms with E-state index in [0.29, 0.717) is 0 Å². The summed E-state index contributed by atoms with van der Waals surface area (Å²) in [7, 11) is 0. The van der Waals surface area contributed by atoms with Crippen molar-refractivity contribution in [3.8, 4) is 0 Å². The summed E-state index contributed by atoms with van der Waals surface area (Å²) < 4.78 is 0. The number of aliphatic hydroxyl groups is 1. The molecule has 0 aliphatic heterocycles. The van der Waals surface area contributed by atoms with E-state index in [0.717, 1.165) is 0 Å². The average Bonchev–Trinajstić information content (AvgIpc) is 1.87. The van der Waals surface area contributed by atoms with Crippen molar-refractivity contribution >= 4 is 17.5 Å². The maximum atomic E-state index is 10.7. The Hall–Kier alpha value is -0.540. The van der Waals surface area contributed by atoms with Crippen molar-refractivity contribution in [3.63, 3.8) is 0 Å². The van der Waals surface area contributed by atoms with E-state index in [1.165, 1.54) is 0 Å². The Bertz CT molecular complexity index is 147. The third-order valence-corrected chi connectivity index (χ3v) is 1.07. The predicted octanol–water partition coefficient (Wildman–Crippen LogP) is 0.236. The Kier molecular flexibility index (Phi) is 4.07. The van der Waals surface area contributed by atoms with Crippen LogP contribution in [0.2, 0.25) is 0 Å². The molecule has 2 N–H and O–H groups in total. The molecular formula is C6H10ClNO2. The van der Waals surface area contributed by atoms with Gasteiger partial charge in [-0.2, -0.15) is 0 Å². The Balaban J connectivity index is 3.68. The lowest BCUT2D eigenvalue weighted by molar-refractivity contribution is -0.117. The SMILES string of the molecule is C=C(Cl)C(=O)N[C@H](C)CO. The van der Waals surface area contributed by atoms with Gasteiger partial charge in [0, 0.05) is 6.04 Å². The molecule has 58 valence electrons. The van der Waals surface area contributed by atoms with Crippen LogP contribution in [0.1, 0.15) is 6.92 Å². The van der Waals surface area contributed by atoms with Crippen molar-refractivity contribution < 1.29 is 9.90 Å². The van der Waals surface area contributed by atoms with Gasteiger partial charge in [0.1, 0.15) is 0 Å². The molecule has 0 aliphatic rings. The highest BCUT2D eigenvalue weighted by Gasteiger charge is 2.06. The van der Waals surface area contributed by atoms with E-state index in [4.69, 9.17) is 16.7 Å². The third kappa shape index (κ3) is 3.48. The molecule has 1 atom stereocenters. The van der Waals surface area contributed by atoms with E-state index in [1.54, 1.807) is 6.92 Å². The zero-order valence-corrected chi connectivity index (χ0v) is 6.48. The van der Waals surface area contributed by atoms with Crippen LogP contribution in [0.15, 0.2) is 11.6 Å². The van der Waals surface area contributed by atoms with Crippen LogP contribution in [-0.2, 0) is 4.79 Å². The molecule has 0 aromatic heterocycles. The topological polar surface area (TPSA) is 49.3 Å². The molecule has 3 nitrogen and oxygen atoms in total. The van der Waals surface area contributed by atoms with Gasteiger partial charge < -0.3 is 10.4 Å². The van der Waals surface area contributed by atoms with E-state index in [-0.39, 0.29) is 17.7 Å². The van der Waals surface area contributed by atoms with Crippen molar-refractivity contribution in [1.29, 1.82) is 0 Å². The van der Waals surface area contributed by atoms with E-state index in [1.807, 2.05) is 0 Å². The highest BCUT2D eigenvalue weighted by molar-refractivity contribution is 6.41. The minimum atomic E-state index is -0.441. The van der Waals surface area contributed by atoms with Gasteiger partial charge >= 0.3 is 0 Å². The van der Waals surface area contributed by atoms with Crippen LogP contribution in [0.3, 0.4) is 0 Å². The third-order valence-electron chi connectivity index (χ3n) is 0.898. The maximum Gasteiger partial charge on any atom is 0.262 e. The molecule has 0 aromatic rings. The molecule has 0 radical (unpaired) electrons. The predicted molar refractivity (Wildman–Crippen MR) is 39.7 cm³/mol. The Morgan fingerprint density at radius 3 is 2.70 bits per heavy atom. The van der Waals surface area contributed by atoms with Crippen LogP contribution in [0.25, 0.3) is 0 Å². The molecular weight excluding hydrogens is 154 g/mol. The zero-order chi connectivity index (χ0) is 8.15. The summed E-state index contributed by atoms with van der Waals surface area (Å²) in [4.78, 5) is 10.7. The molecule has 0 unspecified atom stereocenters. The van der Waals surface area contributed by atoms with Crippen molar-refractivity contribution in [3.05, 3.63) is 11.6 Å². The first-order chi connectivity index (χ1) is 4.57. The first-order valence-corrected chi connectivity index (χ1v) is 3.22. The fourth-order valence-corrected chi connectivity index (χ4v) is 0.402. The summed E-state index contributed by atoms with van der Waals surface area (Å²) in [5.41, 5.74) is 0. The van der Waals surface area contributed by atoms with Crippen LogP contribution in [-0.4, -0.2) is 23.7 Å². The quantitative estimate of drug-likeness (QED) is 0.586. The highest BCUT2D eigenvalue weighted by Crippen LogP contribution is 1.95. The zero-order valence-electron chi connectivity index (χ0n) is 5.72.